The van der Waals surface area contributed by atoms with Gasteiger partial charge in [0.05, 0.1) is 5.56 Å². The lowest BCUT2D eigenvalue weighted by Gasteiger charge is -2.13. The van der Waals surface area contributed by atoms with Gasteiger partial charge >= 0.3 is 6.18 Å². The molecule has 0 fully saturated rings. The van der Waals surface area contributed by atoms with Crippen molar-refractivity contribution in [1.82, 2.24) is 4.98 Å². The van der Waals surface area contributed by atoms with E-state index < -0.39 is 17.6 Å². The van der Waals surface area contributed by atoms with Gasteiger partial charge in [-0.2, -0.15) is 13.2 Å². The Hall–Kier alpha value is -2.24. The van der Waals surface area contributed by atoms with Crippen molar-refractivity contribution >= 4 is 6.29 Å². The highest BCUT2D eigenvalue weighted by molar-refractivity contribution is 5.88. The minimum atomic E-state index is -4.58. The van der Waals surface area contributed by atoms with Gasteiger partial charge in [0.2, 0.25) is 0 Å². The fourth-order valence-corrected chi connectivity index (χ4v) is 1.73. The van der Waals surface area contributed by atoms with Crippen LogP contribution in [0.5, 0.6) is 0 Å². The summed E-state index contributed by atoms with van der Waals surface area (Å²) < 4.78 is 51.6. The van der Waals surface area contributed by atoms with Gasteiger partial charge in [0.15, 0.2) is 6.29 Å². The number of halogens is 4. The molecule has 0 saturated carbocycles. The topological polar surface area (TPSA) is 30.0 Å². The van der Waals surface area contributed by atoms with E-state index in [-0.39, 0.29) is 16.7 Å². The predicted molar refractivity (Wildman–Crippen MR) is 60.0 cm³/mol. The molecule has 2 aromatic rings. The summed E-state index contributed by atoms with van der Waals surface area (Å²) in [4.78, 5) is 14.5. The van der Waals surface area contributed by atoms with Crippen molar-refractivity contribution in [1.29, 1.82) is 0 Å². The lowest BCUT2D eigenvalue weighted by Crippen LogP contribution is -2.08. The molecule has 1 heterocycles. The van der Waals surface area contributed by atoms with Crippen LogP contribution in [0, 0.1) is 5.82 Å². The summed E-state index contributed by atoms with van der Waals surface area (Å²) in [6.45, 7) is 0. The first-order valence-corrected chi connectivity index (χ1v) is 5.20. The van der Waals surface area contributed by atoms with Crippen molar-refractivity contribution in [2.24, 2.45) is 0 Å². The van der Waals surface area contributed by atoms with Crippen LogP contribution in [-0.2, 0) is 6.18 Å². The maximum atomic E-state index is 13.0. The second-order valence-electron chi connectivity index (χ2n) is 3.77. The molecule has 1 aromatic carbocycles. The monoisotopic (exact) mass is 269 g/mol. The Morgan fingerprint density at radius 1 is 1.11 bits per heavy atom. The van der Waals surface area contributed by atoms with Crippen molar-refractivity contribution in [3.63, 3.8) is 0 Å². The Morgan fingerprint density at radius 3 is 2.47 bits per heavy atom. The number of pyridine rings is 1. The van der Waals surface area contributed by atoms with Crippen molar-refractivity contribution in [2.45, 2.75) is 6.18 Å². The van der Waals surface area contributed by atoms with Gasteiger partial charge in [0.1, 0.15) is 5.82 Å². The molecule has 0 unspecified atom stereocenters. The van der Waals surface area contributed by atoms with E-state index in [0.717, 1.165) is 36.7 Å². The number of carbonyl (C=O) groups excluding carboxylic acids is 1. The molecule has 0 saturated heterocycles. The summed E-state index contributed by atoms with van der Waals surface area (Å²) in [7, 11) is 0. The second kappa shape index (κ2) is 4.79. The molecule has 0 spiro atoms. The van der Waals surface area contributed by atoms with E-state index >= 15 is 0 Å². The molecule has 1 aromatic heterocycles. The molecular weight excluding hydrogens is 262 g/mol. The average molecular weight is 269 g/mol. The highest BCUT2D eigenvalue weighted by Crippen LogP contribution is 2.37. The Morgan fingerprint density at radius 2 is 1.84 bits per heavy atom. The van der Waals surface area contributed by atoms with Gasteiger partial charge in [-0.05, 0) is 23.8 Å². The van der Waals surface area contributed by atoms with Gasteiger partial charge in [-0.25, -0.2) is 4.39 Å². The van der Waals surface area contributed by atoms with Crippen LogP contribution in [0.1, 0.15) is 15.9 Å². The summed E-state index contributed by atoms with van der Waals surface area (Å²) in [6, 6.07) is 3.82. The fourth-order valence-electron chi connectivity index (χ4n) is 1.73. The van der Waals surface area contributed by atoms with E-state index in [1.54, 1.807) is 0 Å². The maximum Gasteiger partial charge on any atom is 0.417 e. The van der Waals surface area contributed by atoms with E-state index in [2.05, 4.69) is 4.98 Å². The molecule has 0 aliphatic heterocycles. The van der Waals surface area contributed by atoms with Crippen LogP contribution in [0.25, 0.3) is 11.1 Å². The first-order chi connectivity index (χ1) is 8.93. The normalized spacial score (nSPS) is 11.4. The predicted octanol–water partition coefficient (Wildman–Crippen LogP) is 3.72. The van der Waals surface area contributed by atoms with E-state index in [0.29, 0.717) is 6.29 Å². The number of benzene rings is 1. The third kappa shape index (κ3) is 2.62. The zero-order valence-corrected chi connectivity index (χ0v) is 9.41. The van der Waals surface area contributed by atoms with Crippen LogP contribution in [0.15, 0.2) is 36.7 Å². The van der Waals surface area contributed by atoms with Crippen molar-refractivity contribution in [3.8, 4) is 11.1 Å². The second-order valence-corrected chi connectivity index (χ2v) is 3.77. The number of aromatic nitrogens is 1. The molecule has 0 amide bonds. The number of carbonyl (C=O) groups is 1. The summed E-state index contributed by atoms with van der Waals surface area (Å²) in [5, 5.41) is 0. The van der Waals surface area contributed by atoms with Gasteiger partial charge in [-0.15, -0.1) is 0 Å². The van der Waals surface area contributed by atoms with Gasteiger partial charge in [0.25, 0.3) is 0 Å². The van der Waals surface area contributed by atoms with Gasteiger partial charge in [0, 0.05) is 23.5 Å². The fraction of sp³-hybridized carbons (Fsp3) is 0.0769. The summed E-state index contributed by atoms with van der Waals surface area (Å²) >= 11 is 0. The van der Waals surface area contributed by atoms with E-state index in [1.165, 1.54) is 0 Å². The SMILES string of the molecule is O=Cc1cc(F)ccc1-c1cnccc1C(F)(F)F. The maximum absolute atomic E-state index is 13.0. The zero-order valence-electron chi connectivity index (χ0n) is 9.41. The Balaban J connectivity index is 2.69. The number of rotatable bonds is 2. The van der Waals surface area contributed by atoms with Crippen LogP contribution in [0.3, 0.4) is 0 Å². The first-order valence-electron chi connectivity index (χ1n) is 5.20. The number of alkyl halides is 3. The third-order valence-corrected chi connectivity index (χ3v) is 2.56. The molecule has 19 heavy (non-hydrogen) atoms. The van der Waals surface area contributed by atoms with Crippen LogP contribution in [0.2, 0.25) is 0 Å². The van der Waals surface area contributed by atoms with Crippen molar-refractivity contribution in [3.05, 3.63) is 53.6 Å². The van der Waals surface area contributed by atoms with Crippen LogP contribution >= 0.6 is 0 Å². The summed E-state index contributed by atoms with van der Waals surface area (Å²) in [6.07, 6.45) is -2.25. The molecule has 0 bridgehead atoms. The zero-order chi connectivity index (χ0) is 14.0. The highest BCUT2D eigenvalue weighted by Gasteiger charge is 2.34. The molecule has 6 heteroatoms. The van der Waals surface area contributed by atoms with E-state index in [1.807, 2.05) is 0 Å². The van der Waals surface area contributed by atoms with Crippen LogP contribution in [-0.4, -0.2) is 11.3 Å². The standard InChI is InChI=1S/C13H7F4NO/c14-9-1-2-10(8(5-9)7-19)11-6-18-4-3-12(11)13(15,16)17/h1-7H. The first kappa shape index (κ1) is 13.2. The van der Waals surface area contributed by atoms with Gasteiger partial charge < -0.3 is 0 Å². The number of hydrogen-bond acceptors (Lipinski definition) is 2. The molecule has 0 N–H and O–H groups in total. The number of aldehydes is 1. The van der Waals surface area contributed by atoms with Crippen LogP contribution < -0.4 is 0 Å². The minimum absolute atomic E-state index is 0.00294. The highest BCUT2D eigenvalue weighted by atomic mass is 19.4. The van der Waals surface area contributed by atoms with Gasteiger partial charge in [-0.3, -0.25) is 9.78 Å². The number of hydrogen-bond donors (Lipinski definition) is 0. The van der Waals surface area contributed by atoms with Crippen molar-refractivity contribution in [2.75, 3.05) is 0 Å². The summed E-state index contributed by atoms with van der Waals surface area (Å²) in [5.41, 5.74) is -1.33. The smallest absolute Gasteiger partial charge is 0.298 e. The van der Waals surface area contributed by atoms with Crippen molar-refractivity contribution < 1.29 is 22.4 Å². The average Bonchev–Trinajstić information content (AvgIpc) is 2.37. The quantitative estimate of drug-likeness (QED) is 0.614. The lowest BCUT2D eigenvalue weighted by molar-refractivity contribution is -0.137. The molecule has 2 rings (SSSR count). The van der Waals surface area contributed by atoms with Crippen LogP contribution in [0.4, 0.5) is 17.6 Å². The molecule has 0 radical (unpaired) electrons. The van der Waals surface area contributed by atoms with E-state index in [4.69, 9.17) is 0 Å². The Kier molecular flexibility index (Phi) is 3.33. The van der Waals surface area contributed by atoms with E-state index in [9.17, 15) is 22.4 Å². The molecule has 2 nitrogen and oxygen atoms in total. The molecular formula is C13H7F4NO. The molecule has 0 atom stereocenters. The summed E-state index contributed by atoms with van der Waals surface area (Å²) in [5.74, 6) is -0.691. The lowest BCUT2D eigenvalue weighted by atomic mass is 9.97. The number of nitrogens with zero attached hydrogens (tertiary/aromatic N) is 1. The molecule has 0 aliphatic carbocycles. The largest absolute Gasteiger partial charge is 0.417 e. The Bertz CT molecular complexity index is 622. The molecule has 98 valence electrons. The van der Waals surface area contributed by atoms with Gasteiger partial charge in [-0.1, -0.05) is 6.07 Å². The Labute approximate surface area is 105 Å². The third-order valence-electron chi connectivity index (χ3n) is 2.56. The minimum Gasteiger partial charge on any atom is -0.298 e. The molecule has 0 aliphatic rings.